The van der Waals surface area contributed by atoms with Crippen LogP contribution in [0, 0.1) is 19.5 Å². The smallest absolute Gasteiger partial charge is 0.306 e. The van der Waals surface area contributed by atoms with E-state index in [2.05, 4.69) is 0 Å². The Bertz CT molecular complexity index is 342. The lowest BCUT2D eigenvalue weighted by Gasteiger charge is -1.97. The van der Waals surface area contributed by atoms with Gasteiger partial charge >= 0.3 is 5.69 Å². The van der Waals surface area contributed by atoms with Crippen molar-refractivity contribution in [1.82, 2.24) is 0 Å². The van der Waals surface area contributed by atoms with Gasteiger partial charge in [-0.05, 0) is 22.6 Å². The highest BCUT2D eigenvalue weighted by molar-refractivity contribution is 14.1. The van der Waals surface area contributed by atoms with Crippen LogP contribution in [0.3, 0.4) is 0 Å². The normalized spacial score (nSPS) is 9.83. The lowest BCUT2D eigenvalue weighted by atomic mass is 10.3. The van der Waals surface area contributed by atoms with Crippen molar-refractivity contribution in [1.29, 1.82) is 0 Å². The average molecular weight is 283 g/mol. The van der Waals surface area contributed by atoms with Crippen molar-refractivity contribution < 1.29 is 14.4 Å². The highest BCUT2D eigenvalue weighted by Gasteiger charge is 2.16. The van der Waals surface area contributed by atoms with Gasteiger partial charge in [-0.25, -0.2) is 0 Å². The van der Waals surface area contributed by atoms with E-state index in [1.54, 1.807) is 22.6 Å². The summed E-state index contributed by atoms with van der Waals surface area (Å²) in [5, 5.41) is 19.1. The first kappa shape index (κ1) is 9.17. The molecule has 0 spiro atoms. The number of benzene rings is 1. The third-order valence-electron chi connectivity index (χ3n) is 1.21. The lowest BCUT2D eigenvalue weighted by Crippen LogP contribution is -1.92. The van der Waals surface area contributed by atoms with Crippen LogP contribution in [0.5, 0.6) is 5.75 Å². The van der Waals surface area contributed by atoms with E-state index in [0.29, 0.717) is 0 Å². The number of hydrogen-bond acceptors (Lipinski definition) is 3. The molecule has 1 N–H and O–H groups in total. The summed E-state index contributed by atoms with van der Waals surface area (Å²) in [6, 6.07) is 1.70. The van der Waals surface area contributed by atoms with Gasteiger partial charge in [0.25, 0.3) is 0 Å². The molecule has 0 bridgehead atoms. The van der Waals surface area contributed by atoms with Crippen LogP contribution in [0.1, 0.15) is 0 Å². The topological polar surface area (TPSA) is 63.4 Å². The maximum absolute atomic E-state index is 12.7. The minimum atomic E-state index is -1.03. The molecule has 0 radical (unpaired) electrons. The fourth-order valence-corrected chi connectivity index (χ4v) is 1.12. The minimum absolute atomic E-state index is 0.251. The molecule has 0 saturated carbocycles. The fourth-order valence-electron chi connectivity index (χ4n) is 0.666. The SMILES string of the molecule is O=[N+]([O-])c1cc(I)c(O)cc1F. The first-order chi connectivity index (χ1) is 5.52. The zero-order valence-electron chi connectivity index (χ0n) is 5.62. The molecule has 4 nitrogen and oxygen atoms in total. The highest BCUT2D eigenvalue weighted by Crippen LogP contribution is 2.27. The van der Waals surface area contributed by atoms with Gasteiger partial charge in [0, 0.05) is 12.1 Å². The maximum Gasteiger partial charge on any atom is 0.306 e. The first-order valence-corrected chi connectivity index (χ1v) is 3.92. The number of nitrogens with zero attached hydrogens (tertiary/aromatic N) is 1. The predicted octanol–water partition coefficient (Wildman–Crippen LogP) is 2.04. The Morgan fingerprint density at radius 3 is 2.67 bits per heavy atom. The number of phenols is 1. The molecule has 0 aliphatic carbocycles. The Morgan fingerprint density at radius 2 is 2.17 bits per heavy atom. The van der Waals surface area contributed by atoms with Crippen molar-refractivity contribution in [3.8, 4) is 5.75 Å². The van der Waals surface area contributed by atoms with Gasteiger partial charge in [0.2, 0.25) is 5.82 Å². The maximum atomic E-state index is 12.7. The molecule has 0 heterocycles. The molecule has 0 aromatic heterocycles. The largest absolute Gasteiger partial charge is 0.507 e. The number of aromatic hydroxyl groups is 1. The zero-order valence-corrected chi connectivity index (χ0v) is 7.78. The Morgan fingerprint density at radius 1 is 1.58 bits per heavy atom. The van der Waals surface area contributed by atoms with E-state index in [-0.39, 0.29) is 9.32 Å². The van der Waals surface area contributed by atoms with Gasteiger partial charge < -0.3 is 5.11 Å². The van der Waals surface area contributed by atoms with Crippen LogP contribution in [-0.2, 0) is 0 Å². The van der Waals surface area contributed by atoms with Crippen molar-refractivity contribution in [3.63, 3.8) is 0 Å². The summed E-state index contributed by atoms with van der Waals surface area (Å²) in [6.07, 6.45) is 0. The molecule has 6 heteroatoms. The van der Waals surface area contributed by atoms with Crippen LogP contribution < -0.4 is 0 Å². The standard InChI is InChI=1S/C6H3FINO3/c7-3-1-6(10)4(8)2-5(3)9(11)12/h1-2,10H. The summed E-state index contributed by atoms with van der Waals surface area (Å²) in [5.41, 5.74) is -0.628. The monoisotopic (exact) mass is 283 g/mol. The summed E-state index contributed by atoms with van der Waals surface area (Å²) in [4.78, 5) is 9.33. The van der Waals surface area contributed by atoms with Gasteiger partial charge in [0.15, 0.2) is 0 Å². The predicted molar refractivity (Wildman–Crippen MR) is 47.4 cm³/mol. The molecule has 64 valence electrons. The molecule has 0 aliphatic rings. The van der Waals surface area contributed by atoms with Crippen LogP contribution >= 0.6 is 22.6 Å². The van der Waals surface area contributed by atoms with Crippen LogP contribution in [0.25, 0.3) is 0 Å². The average Bonchev–Trinajstić information content (AvgIpc) is 1.96. The molecule has 1 rings (SSSR count). The van der Waals surface area contributed by atoms with Crippen LogP contribution in [0.15, 0.2) is 12.1 Å². The van der Waals surface area contributed by atoms with Crippen molar-refractivity contribution in [3.05, 3.63) is 31.6 Å². The summed E-state index contributed by atoms with van der Waals surface area (Å²) in [7, 11) is 0. The third kappa shape index (κ3) is 1.63. The summed E-state index contributed by atoms with van der Waals surface area (Å²) < 4.78 is 12.9. The van der Waals surface area contributed by atoms with Gasteiger partial charge in [-0.2, -0.15) is 4.39 Å². The summed E-state index contributed by atoms with van der Waals surface area (Å²) in [6.45, 7) is 0. The van der Waals surface area contributed by atoms with Crippen molar-refractivity contribution in [2.75, 3.05) is 0 Å². The number of hydrogen-bond donors (Lipinski definition) is 1. The van der Waals surface area contributed by atoms with Gasteiger partial charge in [0.05, 0.1) is 8.49 Å². The minimum Gasteiger partial charge on any atom is -0.507 e. The first-order valence-electron chi connectivity index (χ1n) is 2.85. The lowest BCUT2D eigenvalue weighted by molar-refractivity contribution is -0.387. The quantitative estimate of drug-likeness (QED) is 0.487. The number of nitro groups is 1. The number of nitro benzene ring substituents is 1. The van der Waals surface area contributed by atoms with Crippen molar-refractivity contribution >= 4 is 28.3 Å². The Kier molecular flexibility index (Phi) is 2.46. The molecule has 1 aromatic carbocycles. The van der Waals surface area contributed by atoms with Gasteiger partial charge in [-0.15, -0.1) is 0 Å². The van der Waals surface area contributed by atoms with Gasteiger partial charge in [-0.1, -0.05) is 0 Å². The highest BCUT2D eigenvalue weighted by atomic mass is 127. The second-order valence-corrected chi connectivity index (χ2v) is 3.17. The number of phenolic OH excluding ortho intramolecular Hbond substituents is 1. The van der Waals surface area contributed by atoms with E-state index in [0.717, 1.165) is 12.1 Å². The molecule has 0 unspecified atom stereocenters. The summed E-state index contributed by atoms with van der Waals surface area (Å²) >= 11 is 1.68. The van der Waals surface area contributed by atoms with E-state index in [1.807, 2.05) is 0 Å². The summed E-state index contributed by atoms with van der Waals surface area (Å²) in [5.74, 6) is -1.32. The molecule has 0 saturated heterocycles. The Hall–Kier alpha value is -0.920. The van der Waals surface area contributed by atoms with Gasteiger partial charge in [0.1, 0.15) is 5.75 Å². The molecule has 0 fully saturated rings. The molecular weight excluding hydrogens is 280 g/mol. The molecule has 0 aliphatic heterocycles. The Balaban J connectivity index is 3.33. The van der Waals surface area contributed by atoms with Crippen LogP contribution in [-0.4, -0.2) is 10.0 Å². The van der Waals surface area contributed by atoms with Crippen molar-refractivity contribution in [2.45, 2.75) is 0 Å². The van der Waals surface area contributed by atoms with E-state index >= 15 is 0 Å². The Labute approximate surface area is 80.3 Å². The molecule has 0 amide bonds. The van der Waals surface area contributed by atoms with E-state index in [9.17, 15) is 14.5 Å². The number of halogens is 2. The molecule has 1 aromatic rings. The van der Waals surface area contributed by atoms with Gasteiger partial charge in [-0.3, -0.25) is 10.1 Å². The zero-order chi connectivity index (χ0) is 9.30. The third-order valence-corrected chi connectivity index (χ3v) is 2.08. The number of rotatable bonds is 1. The molecule has 0 atom stereocenters. The van der Waals surface area contributed by atoms with Crippen LogP contribution in [0.2, 0.25) is 0 Å². The molecular formula is C6H3FINO3. The van der Waals surface area contributed by atoms with E-state index < -0.39 is 16.4 Å². The van der Waals surface area contributed by atoms with Crippen LogP contribution in [0.4, 0.5) is 10.1 Å². The van der Waals surface area contributed by atoms with Crippen molar-refractivity contribution in [2.24, 2.45) is 0 Å². The second kappa shape index (κ2) is 3.21. The second-order valence-electron chi connectivity index (χ2n) is 2.01. The van der Waals surface area contributed by atoms with E-state index in [4.69, 9.17) is 5.11 Å². The van der Waals surface area contributed by atoms with E-state index in [1.165, 1.54) is 0 Å². The molecule has 12 heavy (non-hydrogen) atoms. The fraction of sp³-hybridized carbons (Fsp3) is 0.